The summed E-state index contributed by atoms with van der Waals surface area (Å²) >= 11 is 0. The molecular weight excluding hydrogens is 458 g/mol. The molecule has 10 nitrogen and oxygen atoms in total. The average molecular weight is 490 g/mol. The standard InChI is InChI=1S/C26H31N7O3/c1-17-18(3-5-21-22(17)15-36-25(21)35)7-11-32-12-8-20(14-32)26(9-2-10-26)30-24(34)19-4-6-23(29-13-19)33(16-27)31-28/h3-6,13,16,20,27-28H,2,7-12,14-15H2,1H3,(H,30,34). The zero-order chi connectivity index (χ0) is 25.3. The van der Waals surface area contributed by atoms with Gasteiger partial charge in [-0.2, -0.15) is 10.5 Å². The maximum Gasteiger partial charge on any atom is 0.338 e. The van der Waals surface area contributed by atoms with Crippen LogP contribution in [0.3, 0.4) is 0 Å². The molecule has 2 fully saturated rings. The molecule has 0 spiro atoms. The Kier molecular flexibility index (Phi) is 6.53. The second kappa shape index (κ2) is 9.77. The van der Waals surface area contributed by atoms with Crippen LogP contribution in [0.15, 0.2) is 35.7 Å². The molecule has 36 heavy (non-hydrogen) atoms. The van der Waals surface area contributed by atoms with E-state index in [-0.39, 0.29) is 17.4 Å². The molecule has 2 aliphatic heterocycles. The number of cyclic esters (lactones) is 1. The van der Waals surface area contributed by atoms with Crippen molar-refractivity contribution in [3.05, 3.63) is 58.3 Å². The van der Waals surface area contributed by atoms with Crippen LogP contribution in [-0.2, 0) is 17.8 Å². The third-order valence-corrected chi connectivity index (χ3v) is 8.11. The summed E-state index contributed by atoms with van der Waals surface area (Å²) in [6.45, 7) is 5.38. The first-order chi connectivity index (χ1) is 17.4. The number of carbonyl (C=O) groups excluding carboxylic acids is 2. The highest BCUT2D eigenvalue weighted by molar-refractivity contribution is 5.95. The first-order valence-corrected chi connectivity index (χ1v) is 12.4. The van der Waals surface area contributed by atoms with Gasteiger partial charge in [0.05, 0.1) is 11.1 Å². The highest BCUT2D eigenvalue weighted by atomic mass is 16.5. The van der Waals surface area contributed by atoms with Gasteiger partial charge in [0.25, 0.3) is 5.91 Å². The smallest absolute Gasteiger partial charge is 0.338 e. The number of rotatable bonds is 9. The second-order valence-electron chi connectivity index (χ2n) is 9.93. The Morgan fingerprint density at radius 2 is 2.19 bits per heavy atom. The molecule has 2 aromatic rings. The van der Waals surface area contributed by atoms with E-state index in [9.17, 15) is 9.59 Å². The topological polar surface area (TPSA) is 135 Å². The molecule has 0 radical (unpaired) electrons. The third-order valence-electron chi connectivity index (χ3n) is 8.11. The summed E-state index contributed by atoms with van der Waals surface area (Å²) in [4.78, 5) is 31.5. The number of carbonyl (C=O) groups is 2. The highest BCUT2D eigenvalue weighted by Gasteiger charge is 2.47. The Bertz CT molecular complexity index is 1180. The Labute approximate surface area is 210 Å². The monoisotopic (exact) mass is 489 g/mol. The van der Waals surface area contributed by atoms with Crippen LogP contribution in [0.1, 0.15) is 63.1 Å². The number of amides is 1. The number of hydrogen-bond donors (Lipinski definition) is 3. The summed E-state index contributed by atoms with van der Waals surface area (Å²) in [6, 6.07) is 7.20. The fraction of sp³-hybridized carbons (Fsp3) is 0.462. The number of anilines is 1. The van der Waals surface area contributed by atoms with Crippen molar-refractivity contribution >= 4 is 24.0 Å². The average Bonchev–Trinajstić information content (AvgIpc) is 3.49. The molecule has 1 saturated carbocycles. The molecular formula is C26H31N7O3. The molecule has 3 N–H and O–H groups in total. The molecule has 1 unspecified atom stereocenters. The van der Waals surface area contributed by atoms with Gasteiger partial charge < -0.3 is 15.0 Å². The lowest BCUT2D eigenvalue weighted by atomic mass is 9.67. The number of ether oxygens (including phenoxy) is 1. The molecule has 3 heterocycles. The van der Waals surface area contributed by atoms with Gasteiger partial charge in [-0.1, -0.05) is 11.3 Å². The van der Waals surface area contributed by atoms with E-state index >= 15 is 0 Å². The minimum atomic E-state index is -0.224. The largest absolute Gasteiger partial charge is 0.457 e. The summed E-state index contributed by atoms with van der Waals surface area (Å²) < 4.78 is 5.19. The van der Waals surface area contributed by atoms with E-state index in [1.54, 1.807) is 12.1 Å². The van der Waals surface area contributed by atoms with E-state index in [0.29, 0.717) is 29.5 Å². The Balaban J connectivity index is 1.19. The van der Waals surface area contributed by atoms with Crippen LogP contribution in [0.4, 0.5) is 5.82 Å². The van der Waals surface area contributed by atoms with Crippen molar-refractivity contribution < 1.29 is 14.3 Å². The van der Waals surface area contributed by atoms with Gasteiger partial charge in [-0.3, -0.25) is 10.2 Å². The van der Waals surface area contributed by atoms with E-state index in [0.717, 1.165) is 74.2 Å². The van der Waals surface area contributed by atoms with Gasteiger partial charge in [0.15, 0.2) is 5.82 Å². The Morgan fingerprint density at radius 1 is 1.36 bits per heavy atom. The first kappa shape index (κ1) is 24.1. The van der Waals surface area contributed by atoms with E-state index < -0.39 is 0 Å². The number of nitrogens with one attached hydrogen (secondary N) is 3. The maximum atomic E-state index is 13.1. The summed E-state index contributed by atoms with van der Waals surface area (Å²) in [5, 5.41) is 14.8. The molecule has 0 bridgehead atoms. The number of benzene rings is 1. The highest BCUT2D eigenvalue weighted by Crippen LogP contribution is 2.43. The van der Waals surface area contributed by atoms with Crippen LogP contribution in [0.5, 0.6) is 0 Å². The van der Waals surface area contributed by atoms with Crippen LogP contribution in [0.25, 0.3) is 0 Å². The molecule has 1 aromatic heterocycles. The van der Waals surface area contributed by atoms with Crippen molar-refractivity contribution in [3.63, 3.8) is 0 Å². The maximum absolute atomic E-state index is 13.1. The molecule has 1 aromatic carbocycles. The molecule has 1 aliphatic carbocycles. The van der Waals surface area contributed by atoms with Gasteiger partial charge in [0, 0.05) is 30.4 Å². The van der Waals surface area contributed by atoms with Crippen molar-refractivity contribution in [1.82, 2.24) is 15.2 Å². The summed E-state index contributed by atoms with van der Waals surface area (Å²) in [5.41, 5.74) is 11.5. The molecule has 5 rings (SSSR count). The van der Waals surface area contributed by atoms with Crippen molar-refractivity contribution in [1.29, 1.82) is 10.9 Å². The minimum absolute atomic E-state index is 0.137. The van der Waals surface area contributed by atoms with Crippen LogP contribution >= 0.6 is 0 Å². The molecule has 10 heteroatoms. The van der Waals surface area contributed by atoms with Crippen molar-refractivity contribution in [2.45, 2.75) is 51.2 Å². The lowest BCUT2D eigenvalue weighted by Crippen LogP contribution is -2.59. The van der Waals surface area contributed by atoms with Crippen LogP contribution in [0.2, 0.25) is 0 Å². The van der Waals surface area contributed by atoms with Crippen molar-refractivity contribution in [2.24, 2.45) is 11.1 Å². The van der Waals surface area contributed by atoms with Gasteiger partial charge >= 0.3 is 5.97 Å². The van der Waals surface area contributed by atoms with Gasteiger partial charge in [-0.25, -0.2) is 9.78 Å². The number of esters is 1. The SMILES string of the molecule is Cc1c(CCN2CCC(C3(NC(=O)c4ccc(N(C=N)N=N)nc4)CCC3)C2)ccc2c1COC2=O. The number of aromatic nitrogens is 1. The normalized spacial score (nSPS) is 20.2. The van der Waals surface area contributed by atoms with Crippen molar-refractivity contribution in [3.8, 4) is 0 Å². The summed E-state index contributed by atoms with van der Waals surface area (Å²) in [5.74, 6) is 0.365. The lowest BCUT2D eigenvalue weighted by molar-refractivity contribution is 0.0534. The summed E-state index contributed by atoms with van der Waals surface area (Å²) in [6.07, 6.45) is 7.43. The molecule has 1 saturated heterocycles. The van der Waals surface area contributed by atoms with E-state index in [1.165, 1.54) is 11.8 Å². The quantitative estimate of drug-likeness (QED) is 0.162. The van der Waals surface area contributed by atoms with Crippen molar-refractivity contribution in [2.75, 3.05) is 24.6 Å². The van der Waals surface area contributed by atoms with Gasteiger partial charge in [-0.05, 0) is 80.8 Å². The molecule has 1 amide bonds. The predicted molar refractivity (Wildman–Crippen MR) is 133 cm³/mol. The van der Waals surface area contributed by atoms with Gasteiger partial charge in [-0.15, -0.1) is 0 Å². The fourth-order valence-corrected chi connectivity index (χ4v) is 5.73. The van der Waals surface area contributed by atoms with E-state index in [1.807, 2.05) is 6.07 Å². The van der Waals surface area contributed by atoms with Gasteiger partial charge in [0.1, 0.15) is 12.9 Å². The second-order valence-corrected chi connectivity index (χ2v) is 9.93. The van der Waals surface area contributed by atoms with Crippen LogP contribution < -0.4 is 10.3 Å². The van der Waals surface area contributed by atoms with E-state index in [2.05, 4.69) is 33.4 Å². The number of pyridine rings is 1. The number of likely N-dealkylation sites (tertiary alicyclic amines) is 1. The summed E-state index contributed by atoms with van der Waals surface area (Å²) in [7, 11) is 0. The lowest BCUT2D eigenvalue weighted by Gasteiger charge is -2.47. The zero-order valence-electron chi connectivity index (χ0n) is 20.4. The number of fused-ring (bicyclic) bond motifs is 1. The Hall–Kier alpha value is -3.66. The minimum Gasteiger partial charge on any atom is -0.457 e. The number of nitrogens with zero attached hydrogens (tertiary/aromatic N) is 4. The molecule has 1 atom stereocenters. The molecule has 188 valence electrons. The predicted octanol–water partition coefficient (Wildman–Crippen LogP) is 3.64. The third kappa shape index (κ3) is 4.37. The van der Waals surface area contributed by atoms with E-state index in [4.69, 9.17) is 15.7 Å². The van der Waals surface area contributed by atoms with Crippen LogP contribution in [0, 0.1) is 23.8 Å². The number of hydrogen-bond acceptors (Lipinski definition) is 8. The fourth-order valence-electron chi connectivity index (χ4n) is 5.73. The van der Waals surface area contributed by atoms with Crippen LogP contribution in [-0.4, -0.2) is 53.3 Å². The molecule has 3 aliphatic rings. The Morgan fingerprint density at radius 3 is 2.86 bits per heavy atom. The first-order valence-electron chi connectivity index (χ1n) is 12.4. The van der Waals surface area contributed by atoms with Gasteiger partial charge in [0.2, 0.25) is 0 Å². The zero-order valence-corrected chi connectivity index (χ0v) is 20.4.